The van der Waals surface area contributed by atoms with Gasteiger partial charge in [0.25, 0.3) is 0 Å². The normalized spacial score (nSPS) is 18.8. The molecule has 1 fully saturated rings. The third-order valence-corrected chi connectivity index (χ3v) is 6.89. The fourth-order valence-electron chi connectivity index (χ4n) is 2.17. The molecule has 2 aromatic rings. The third kappa shape index (κ3) is 3.96. The van der Waals surface area contributed by atoms with E-state index in [1.165, 1.54) is 17.3 Å². The van der Waals surface area contributed by atoms with Gasteiger partial charge in [0.05, 0.1) is 5.39 Å². The standard InChI is InChI=1S/C14H20N4S3/c1-2-4-15-14-17-12(11-3-5-21-13(11)18-14)16-8-10-9-19-6-7-20-10/h3,5,10H,2,4,6-9H2,1H3,(H2,15,16,17,18). The molecule has 1 unspecified atom stereocenters. The number of thiophene rings is 1. The molecule has 3 heterocycles. The first kappa shape index (κ1) is 15.2. The van der Waals surface area contributed by atoms with Crippen molar-refractivity contribution in [1.29, 1.82) is 0 Å². The van der Waals surface area contributed by atoms with Crippen LogP contribution in [-0.2, 0) is 0 Å². The highest BCUT2D eigenvalue weighted by Gasteiger charge is 2.15. The van der Waals surface area contributed by atoms with Crippen molar-refractivity contribution in [3.05, 3.63) is 11.4 Å². The van der Waals surface area contributed by atoms with E-state index in [4.69, 9.17) is 0 Å². The molecular weight excluding hydrogens is 320 g/mol. The molecule has 4 nitrogen and oxygen atoms in total. The van der Waals surface area contributed by atoms with Crippen molar-refractivity contribution in [3.63, 3.8) is 0 Å². The lowest BCUT2D eigenvalue weighted by atomic mass is 10.3. The average Bonchev–Trinajstić information content (AvgIpc) is 3.00. The van der Waals surface area contributed by atoms with E-state index in [-0.39, 0.29) is 0 Å². The van der Waals surface area contributed by atoms with Crippen molar-refractivity contribution < 1.29 is 0 Å². The lowest BCUT2D eigenvalue weighted by Gasteiger charge is -2.21. The molecule has 1 saturated heterocycles. The molecule has 21 heavy (non-hydrogen) atoms. The van der Waals surface area contributed by atoms with E-state index >= 15 is 0 Å². The fraction of sp³-hybridized carbons (Fsp3) is 0.571. The summed E-state index contributed by atoms with van der Waals surface area (Å²) >= 11 is 5.79. The SMILES string of the molecule is CCCNc1nc(NCC2CSCCS2)c2ccsc2n1. The van der Waals surface area contributed by atoms with Crippen LogP contribution in [0.1, 0.15) is 13.3 Å². The number of hydrogen-bond acceptors (Lipinski definition) is 7. The third-order valence-electron chi connectivity index (χ3n) is 3.24. The maximum atomic E-state index is 4.65. The van der Waals surface area contributed by atoms with Crippen molar-refractivity contribution in [3.8, 4) is 0 Å². The van der Waals surface area contributed by atoms with Crippen molar-refractivity contribution in [2.75, 3.05) is 41.0 Å². The Hall–Kier alpha value is -0.660. The first-order valence-electron chi connectivity index (χ1n) is 7.29. The maximum Gasteiger partial charge on any atom is 0.226 e. The number of rotatable bonds is 6. The summed E-state index contributed by atoms with van der Waals surface area (Å²) in [5, 5.41) is 10.7. The number of fused-ring (bicyclic) bond motifs is 1. The van der Waals surface area contributed by atoms with Gasteiger partial charge in [-0.3, -0.25) is 0 Å². The molecule has 114 valence electrons. The van der Waals surface area contributed by atoms with E-state index < -0.39 is 0 Å². The number of thioether (sulfide) groups is 2. The zero-order valence-electron chi connectivity index (χ0n) is 12.1. The van der Waals surface area contributed by atoms with Crippen LogP contribution in [0.3, 0.4) is 0 Å². The number of nitrogens with one attached hydrogen (secondary N) is 2. The molecule has 0 aromatic carbocycles. The van der Waals surface area contributed by atoms with Gasteiger partial charge in [0.15, 0.2) is 0 Å². The number of hydrogen-bond donors (Lipinski definition) is 2. The molecule has 0 radical (unpaired) electrons. The van der Waals surface area contributed by atoms with Gasteiger partial charge in [-0.05, 0) is 17.9 Å². The van der Waals surface area contributed by atoms with Crippen LogP contribution in [0.15, 0.2) is 11.4 Å². The Morgan fingerprint density at radius 2 is 2.24 bits per heavy atom. The van der Waals surface area contributed by atoms with Gasteiger partial charge in [0, 0.05) is 35.6 Å². The van der Waals surface area contributed by atoms with Crippen molar-refractivity contribution in [1.82, 2.24) is 9.97 Å². The minimum absolute atomic E-state index is 0.680. The lowest BCUT2D eigenvalue weighted by molar-refractivity contribution is 0.952. The maximum absolute atomic E-state index is 4.65. The predicted molar refractivity (Wildman–Crippen MR) is 98.3 cm³/mol. The van der Waals surface area contributed by atoms with E-state index in [0.717, 1.165) is 41.5 Å². The van der Waals surface area contributed by atoms with Gasteiger partial charge in [-0.1, -0.05) is 6.92 Å². The molecule has 0 spiro atoms. The van der Waals surface area contributed by atoms with E-state index in [9.17, 15) is 0 Å². The van der Waals surface area contributed by atoms with Gasteiger partial charge in [-0.25, -0.2) is 4.98 Å². The van der Waals surface area contributed by atoms with Gasteiger partial charge >= 0.3 is 0 Å². The molecule has 0 bridgehead atoms. The number of anilines is 2. The van der Waals surface area contributed by atoms with Crippen molar-refractivity contribution >= 4 is 56.8 Å². The second-order valence-corrected chi connectivity index (χ2v) is 8.36. The number of nitrogens with zero attached hydrogens (tertiary/aromatic N) is 2. The first-order chi connectivity index (χ1) is 10.4. The van der Waals surface area contributed by atoms with E-state index in [2.05, 4.69) is 62.5 Å². The molecule has 0 amide bonds. The Bertz CT molecular complexity index is 581. The summed E-state index contributed by atoms with van der Waals surface area (Å²) in [5.74, 6) is 5.49. The van der Waals surface area contributed by atoms with Crippen LogP contribution < -0.4 is 10.6 Å². The molecule has 1 aliphatic rings. The van der Waals surface area contributed by atoms with E-state index in [1.807, 2.05) is 0 Å². The Labute approximate surface area is 137 Å². The molecule has 0 saturated carbocycles. The molecule has 1 aliphatic heterocycles. The topological polar surface area (TPSA) is 49.8 Å². The summed E-state index contributed by atoms with van der Waals surface area (Å²) < 4.78 is 0. The summed E-state index contributed by atoms with van der Waals surface area (Å²) in [6.45, 7) is 4.03. The highest BCUT2D eigenvalue weighted by molar-refractivity contribution is 8.06. The Balaban J connectivity index is 1.73. The second kappa shape index (κ2) is 7.56. The van der Waals surface area contributed by atoms with Gasteiger partial charge < -0.3 is 10.6 Å². The zero-order chi connectivity index (χ0) is 14.5. The van der Waals surface area contributed by atoms with Crippen molar-refractivity contribution in [2.24, 2.45) is 0 Å². The molecule has 2 N–H and O–H groups in total. The molecule has 1 atom stereocenters. The molecular formula is C14H20N4S3. The fourth-order valence-corrected chi connectivity index (χ4v) is 5.55. The summed E-state index contributed by atoms with van der Waals surface area (Å²) in [7, 11) is 0. The highest BCUT2D eigenvalue weighted by Crippen LogP contribution is 2.28. The van der Waals surface area contributed by atoms with Crippen LogP contribution in [0.25, 0.3) is 10.2 Å². The van der Waals surface area contributed by atoms with Gasteiger partial charge in [-0.2, -0.15) is 28.5 Å². The van der Waals surface area contributed by atoms with Crippen LogP contribution in [0.5, 0.6) is 0 Å². The van der Waals surface area contributed by atoms with E-state index in [1.54, 1.807) is 11.3 Å². The summed E-state index contributed by atoms with van der Waals surface area (Å²) in [4.78, 5) is 10.3. The quantitative estimate of drug-likeness (QED) is 0.835. The predicted octanol–water partition coefficient (Wildman–Crippen LogP) is 3.77. The average molecular weight is 341 g/mol. The summed E-state index contributed by atoms with van der Waals surface area (Å²) in [6, 6.07) is 2.11. The molecule has 7 heteroatoms. The van der Waals surface area contributed by atoms with Gasteiger partial charge in [0.1, 0.15) is 10.6 Å². The minimum atomic E-state index is 0.680. The van der Waals surface area contributed by atoms with Crippen LogP contribution in [0.2, 0.25) is 0 Å². The van der Waals surface area contributed by atoms with E-state index in [0.29, 0.717) is 5.25 Å². The molecule has 0 aliphatic carbocycles. The van der Waals surface area contributed by atoms with Gasteiger partial charge in [0.2, 0.25) is 5.95 Å². The highest BCUT2D eigenvalue weighted by atomic mass is 32.2. The van der Waals surface area contributed by atoms with Crippen molar-refractivity contribution in [2.45, 2.75) is 18.6 Å². The zero-order valence-corrected chi connectivity index (χ0v) is 14.5. The monoisotopic (exact) mass is 340 g/mol. The number of aromatic nitrogens is 2. The molecule has 2 aromatic heterocycles. The Kier molecular flexibility index (Phi) is 5.49. The lowest BCUT2D eigenvalue weighted by Crippen LogP contribution is -2.23. The summed E-state index contributed by atoms with van der Waals surface area (Å²) in [6.07, 6.45) is 1.07. The first-order valence-corrected chi connectivity index (χ1v) is 10.4. The van der Waals surface area contributed by atoms with Gasteiger partial charge in [-0.15, -0.1) is 11.3 Å². The summed E-state index contributed by atoms with van der Waals surface area (Å²) in [5.41, 5.74) is 0. The van der Waals surface area contributed by atoms with Crippen LogP contribution in [0, 0.1) is 0 Å². The Morgan fingerprint density at radius 3 is 3.05 bits per heavy atom. The minimum Gasteiger partial charge on any atom is -0.368 e. The second-order valence-electron chi connectivity index (χ2n) is 4.91. The largest absolute Gasteiger partial charge is 0.368 e. The van der Waals surface area contributed by atoms with Crippen LogP contribution >= 0.6 is 34.9 Å². The van der Waals surface area contributed by atoms with Crippen LogP contribution in [-0.4, -0.2) is 45.6 Å². The van der Waals surface area contributed by atoms with Crippen LogP contribution in [0.4, 0.5) is 11.8 Å². The smallest absolute Gasteiger partial charge is 0.226 e. The molecule has 3 rings (SSSR count). The Morgan fingerprint density at radius 1 is 1.29 bits per heavy atom.